The topological polar surface area (TPSA) is 98.7 Å². The van der Waals surface area contributed by atoms with E-state index in [1.165, 1.54) is 13.2 Å². The minimum Gasteiger partial charge on any atom is -0.497 e. The second-order valence-corrected chi connectivity index (χ2v) is 4.29. The number of anilines is 1. The number of carbonyl (C=O) groups is 2. The van der Waals surface area contributed by atoms with Crippen LogP contribution in [0, 0.1) is 0 Å². The molecule has 4 N–H and O–H groups in total. The molecule has 2 aromatic carbocycles. The number of primary amides is 1. The second kappa shape index (κ2) is 6.06. The monoisotopic (exact) mass is 285 g/mol. The van der Waals surface area contributed by atoms with Crippen molar-refractivity contribution >= 4 is 17.5 Å². The van der Waals surface area contributed by atoms with Crippen LogP contribution >= 0.6 is 0 Å². The Morgan fingerprint density at radius 2 is 1.67 bits per heavy atom. The SMILES string of the molecule is COc1ccc(C(=O)N(N)c2ccccc2C(N)=O)cc1. The highest BCUT2D eigenvalue weighted by atomic mass is 16.5. The summed E-state index contributed by atoms with van der Waals surface area (Å²) >= 11 is 0. The van der Waals surface area contributed by atoms with E-state index in [9.17, 15) is 9.59 Å². The van der Waals surface area contributed by atoms with Gasteiger partial charge >= 0.3 is 0 Å². The smallest absolute Gasteiger partial charge is 0.272 e. The molecule has 0 fully saturated rings. The largest absolute Gasteiger partial charge is 0.497 e. The first-order chi connectivity index (χ1) is 10.0. The summed E-state index contributed by atoms with van der Waals surface area (Å²) in [6.07, 6.45) is 0. The average molecular weight is 285 g/mol. The lowest BCUT2D eigenvalue weighted by Gasteiger charge is -2.19. The number of hydrogen-bond donors (Lipinski definition) is 2. The Morgan fingerprint density at radius 3 is 2.24 bits per heavy atom. The van der Waals surface area contributed by atoms with E-state index in [-0.39, 0.29) is 11.3 Å². The zero-order chi connectivity index (χ0) is 15.4. The van der Waals surface area contributed by atoms with E-state index >= 15 is 0 Å². The predicted molar refractivity (Wildman–Crippen MR) is 79.0 cm³/mol. The number of benzene rings is 2. The molecule has 2 rings (SSSR count). The molecule has 2 aromatic rings. The summed E-state index contributed by atoms with van der Waals surface area (Å²) in [4.78, 5) is 23.7. The Morgan fingerprint density at radius 1 is 1.05 bits per heavy atom. The third-order valence-electron chi connectivity index (χ3n) is 2.98. The van der Waals surface area contributed by atoms with Gasteiger partial charge in [-0.05, 0) is 36.4 Å². The summed E-state index contributed by atoms with van der Waals surface area (Å²) in [5.74, 6) is 5.35. The van der Waals surface area contributed by atoms with Gasteiger partial charge in [0.1, 0.15) is 5.75 Å². The standard InChI is InChI=1S/C15H15N3O3/c1-21-11-8-6-10(7-9-11)15(20)18(17)13-5-3-2-4-12(13)14(16)19/h2-9H,17H2,1H3,(H2,16,19). The normalized spacial score (nSPS) is 10.0. The first-order valence-electron chi connectivity index (χ1n) is 6.16. The van der Waals surface area contributed by atoms with Crippen molar-refractivity contribution in [3.8, 4) is 5.75 Å². The van der Waals surface area contributed by atoms with Crippen LogP contribution in [-0.4, -0.2) is 18.9 Å². The highest BCUT2D eigenvalue weighted by Crippen LogP contribution is 2.20. The van der Waals surface area contributed by atoms with Gasteiger partial charge in [-0.3, -0.25) is 9.59 Å². The molecule has 0 spiro atoms. The van der Waals surface area contributed by atoms with Gasteiger partial charge in [0.25, 0.3) is 11.8 Å². The van der Waals surface area contributed by atoms with Crippen molar-refractivity contribution in [3.05, 3.63) is 59.7 Å². The third-order valence-corrected chi connectivity index (χ3v) is 2.98. The fraction of sp³-hybridized carbons (Fsp3) is 0.0667. The number of ether oxygens (including phenoxy) is 1. The molecular weight excluding hydrogens is 270 g/mol. The number of hydrazine groups is 1. The minimum absolute atomic E-state index is 0.182. The van der Waals surface area contributed by atoms with Gasteiger partial charge in [-0.1, -0.05) is 12.1 Å². The number of para-hydroxylation sites is 1. The number of methoxy groups -OCH3 is 1. The summed E-state index contributed by atoms with van der Waals surface area (Å²) in [5, 5.41) is 0.905. The molecule has 0 heterocycles. The maximum atomic E-state index is 12.3. The first-order valence-corrected chi connectivity index (χ1v) is 6.16. The average Bonchev–Trinajstić information content (AvgIpc) is 2.53. The minimum atomic E-state index is -0.649. The highest BCUT2D eigenvalue weighted by molar-refractivity contribution is 6.09. The molecule has 0 aliphatic carbocycles. The molecule has 108 valence electrons. The Kier molecular flexibility index (Phi) is 4.20. The number of nitrogens with two attached hydrogens (primary N) is 2. The molecule has 0 saturated heterocycles. The van der Waals surface area contributed by atoms with Crippen LogP contribution in [0.15, 0.2) is 48.5 Å². The fourth-order valence-electron chi connectivity index (χ4n) is 1.87. The Balaban J connectivity index is 2.32. The van der Waals surface area contributed by atoms with Gasteiger partial charge in [0, 0.05) is 5.56 Å². The van der Waals surface area contributed by atoms with E-state index in [1.807, 2.05) is 0 Å². The molecular formula is C15H15N3O3. The van der Waals surface area contributed by atoms with Crippen molar-refractivity contribution < 1.29 is 14.3 Å². The van der Waals surface area contributed by atoms with Crippen molar-refractivity contribution in [2.45, 2.75) is 0 Å². The maximum Gasteiger partial charge on any atom is 0.272 e. The zero-order valence-corrected chi connectivity index (χ0v) is 11.4. The van der Waals surface area contributed by atoms with E-state index in [2.05, 4.69) is 0 Å². The summed E-state index contributed by atoms with van der Waals surface area (Å²) < 4.78 is 5.03. The van der Waals surface area contributed by atoms with Crippen LogP contribution < -0.4 is 21.3 Å². The van der Waals surface area contributed by atoms with Crippen LogP contribution in [0.1, 0.15) is 20.7 Å². The molecule has 0 radical (unpaired) electrons. The molecule has 6 nitrogen and oxygen atoms in total. The van der Waals surface area contributed by atoms with Gasteiger partial charge in [0.15, 0.2) is 0 Å². The van der Waals surface area contributed by atoms with Gasteiger partial charge in [-0.15, -0.1) is 0 Å². The molecule has 0 atom stereocenters. The lowest BCUT2D eigenvalue weighted by molar-refractivity contribution is 0.0986. The van der Waals surface area contributed by atoms with Crippen LogP contribution in [0.2, 0.25) is 0 Å². The van der Waals surface area contributed by atoms with Crippen LogP contribution in [0.3, 0.4) is 0 Å². The first kappa shape index (κ1) is 14.5. The van der Waals surface area contributed by atoms with Gasteiger partial charge < -0.3 is 10.5 Å². The molecule has 2 amide bonds. The van der Waals surface area contributed by atoms with E-state index < -0.39 is 11.8 Å². The number of nitrogens with zero attached hydrogens (tertiary/aromatic N) is 1. The molecule has 0 bridgehead atoms. The number of amides is 2. The quantitative estimate of drug-likeness (QED) is 0.502. The highest BCUT2D eigenvalue weighted by Gasteiger charge is 2.19. The lowest BCUT2D eigenvalue weighted by atomic mass is 10.1. The van der Waals surface area contributed by atoms with Crippen molar-refractivity contribution in [1.82, 2.24) is 0 Å². The molecule has 0 saturated carbocycles. The van der Waals surface area contributed by atoms with Crippen LogP contribution in [-0.2, 0) is 0 Å². The van der Waals surface area contributed by atoms with E-state index in [0.29, 0.717) is 11.3 Å². The van der Waals surface area contributed by atoms with E-state index in [0.717, 1.165) is 5.01 Å². The summed E-state index contributed by atoms with van der Waals surface area (Å²) in [7, 11) is 1.54. The number of hydrogen-bond acceptors (Lipinski definition) is 4. The van der Waals surface area contributed by atoms with Gasteiger partial charge in [-0.25, -0.2) is 10.9 Å². The molecule has 6 heteroatoms. The third kappa shape index (κ3) is 3.01. The van der Waals surface area contributed by atoms with Crippen molar-refractivity contribution in [2.75, 3.05) is 12.1 Å². The van der Waals surface area contributed by atoms with Gasteiger partial charge in [-0.2, -0.15) is 0 Å². The van der Waals surface area contributed by atoms with E-state index in [1.54, 1.807) is 42.5 Å². The van der Waals surface area contributed by atoms with Crippen molar-refractivity contribution in [1.29, 1.82) is 0 Å². The lowest BCUT2D eigenvalue weighted by Crippen LogP contribution is -2.38. The predicted octanol–water partition coefficient (Wildman–Crippen LogP) is 1.31. The number of carbonyl (C=O) groups excluding carboxylic acids is 2. The summed E-state index contributed by atoms with van der Waals surface area (Å²) in [5.41, 5.74) is 6.09. The van der Waals surface area contributed by atoms with Gasteiger partial charge in [0.2, 0.25) is 0 Å². The van der Waals surface area contributed by atoms with Crippen molar-refractivity contribution in [2.24, 2.45) is 11.6 Å². The molecule has 0 aliphatic heterocycles. The second-order valence-electron chi connectivity index (χ2n) is 4.29. The molecule has 0 unspecified atom stereocenters. The fourth-order valence-corrected chi connectivity index (χ4v) is 1.87. The molecule has 0 aliphatic rings. The van der Waals surface area contributed by atoms with Crippen LogP contribution in [0.25, 0.3) is 0 Å². The van der Waals surface area contributed by atoms with Crippen LogP contribution in [0.4, 0.5) is 5.69 Å². The summed E-state index contributed by atoms with van der Waals surface area (Å²) in [6, 6.07) is 12.9. The summed E-state index contributed by atoms with van der Waals surface area (Å²) in [6.45, 7) is 0. The molecule has 0 aromatic heterocycles. The Labute approximate surface area is 121 Å². The van der Waals surface area contributed by atoms with Gasteiger partial charge in [0.05, 0.1) is 18.4 Å². The zero-order valence-electron chi connectivity index (χ0n) is 11.4. The number of rotatable bonds is 4. The van der Waals surface area contributed by atoms with Crippen molar-refractivity contribution in [3.63, 3.8) is 0 Å². The maximum absolute atomic E-state index is 12.3. The Hall–Kier alpha value is -2.86. The van der Waals surface area contributed by atoms with Crippen LogP contribution in [0.5, 0.6) is 5.75 Å². The molecule has 21 heavy (non-hydrogen) atoms. The van der Waals surface area contributed by atoms with E-state index in [4.69, 9.17) is 16.3 Å². The Bertz CT molecular complexity index is 668.